The lowest BCUT2D eigenvalue weighted by atomic mass is 9.88. The van der Waals surface area contributed by atoms with Crippen LogP contribution in [0.3, 0.4) is 0 Å². The van der Waals surface area contributed by atoms with Crippen molar-refractivity contribution in [1.82, 2.24) is 9.21 Å². The fourth-order valence-electron chi connectivity index (χ4n) is 5.58. The maximum atomic E-state index is 13.5. The summed E-state index contributed by atoms with van der Waals surface area (Å²) in [7, 11) is -2.25. The predicted molar refractivity (Wildman–Crippen MR) is 158 cm³/mol. The molecule has 1 fully saturated rings. The van der Waals surface area contributed by atoms with E-state index in [4.69, 9.17) is 4.74 Å². The number of carbonyl (C=O) groups excluding carboxylic acids is 2. The quantitative estimate of drug-likeness (QED) is 0.484. The van der Waals surface area contributed by atoms with Gasteiger partial charge in [0, 0.05) is 36.7 Å². The number of fused-ring (bicyclic) bond motifs is 1. The van der Waals surface area contributed by atoms with E-state index in [2.05, 4.69) is 5.32 Å². The van der Waals surface area contributed by atoms with E-state index in [1.807, 2.05) is 13.8 Å². The number of nitrogens with zero attached hydrogens (tertiary/aromatic N) is 2. The molecule has 2 N–H and O–H groups in total. The average Bonchev–Trinajstić information content (AvgIpc) is 3.00. The van der Waals surface area contributed by atoms with E-state index >= 15 is 0 Å². The lowest BCUT2D eigenvalue weighted by molar-refractivity contribution is -0.134. The van der Waals surface area contributed by atoms with Gasteiger partial charge in [-0.2, -0.15) is 4.31 Å². The Labute approximate surface area is 243 Å². The zero-order chi connectivity index (χ0) is 29.7. The minimum atomic E-state index is -3.78. The maximum Gasteiger partial charge on any atom is 0.242 e. The second-order valence-corrected chi connectivity index (χ2v) is 13.7. The number of anilines is 1. The molecule has 10 heteroatoms. The molecule has 224 valence electrons. The van der Waals surface area contributed by atoms with Crippen molar-refractivity contribution in [2.24, 2.45) is 11.8 Å². The molecular formula is C31H43N3O6S. The smallest absolute Gasteiger partial charge is 0.242 e. The minimum absolute atomic E-state index is 0.00933. The van der Waals surface area contributed by atoms with Crippen LogP contribution in [0.15, 0.2) is 47.4 Å². The number of hydrogen-bond donors (Lipinski definition) is 2. The van der Waals surface area contributed by atoms with E-state index in [0.29, 0.717) is 23.5 Å². The van der Waals surface area contributed by atoms with Crippen LogP contribution in [-0.4, -0.2) is 73.4 Å². The summed E-state index contributed by atoms with van der Waals surface area (Å²) in [5.74, 6) is 0.0416. The molecule has 2 aromatic carbocycles. The summed E-state index contributed by atoms with van der Waals surface area (Å²) in [5, 5.41) is 12.9. The summed E-state index contributed by atoms with van der Waals surface area (Å²) >= 11 is 0. The molecule has 0 unspecified atom stereocenters. The summed E-state index contributed by atoms with van der Waals surface area (Å²) in [6.45, 7) is 5.77. The zero-order valence-corrected chi connectivity index (χ0v) is 25.3. The van der Waals surface area contributed by atoms with Crippen LogP contribution in [0.1, 0.15) is 57.1 Å². The molecule has 1 heterocycles. The highest BCUT2D eigenvalue weighted by molar-refractivity contribution is 7.89. The molecule has 1 saturated carbocycles. The first-order chi connectivity index (χ1) is 19.5. The Morgan fingerprint density at radius 2 is 1.83 bits per heavy atom. The van der Waals surface area contributed by atoms with Crippen molar-refractivity contribution in [2.75, 3.05) is 32.1 Å². The van der Waals surface area contributed by atoms with Gasteiger partial charge in [-0.25, -0.2) is 8.42 Å². The van der Waals surface area contributed by atoms with Crippen LogP contribution in [0, 0.1) is 18.8 Å². The van der Waals surface area contributed by atoms with Gasteiger partial charge >= 0.3 is 0 Å². The monoisotopic (exact) mass is 585 g/mol. The Morgan fingerprint density at radius 3 is 2.49 bits per heavy atom. The number of amides is 2. The molecular weight excluding hydrogens is 542 g/mol. The highest BCUT2D eigenvalue weighted by Crippen LogP contribution is 2.31. The molecule has 0 spiro atoms. The number of nitrogens with one attached hydrogen (secondary N) is 1. The lowest BCUT2D eigenvalue weighted by Gasteiger charge is -2.33. The third-order valence-electron chi connectivity index (χ3n) is 8.33. The number of likely N-dealkylation sites (N-methyl/N-ethyl adjacent to an activating group) is 1. The Bertz CT molecular complexity index is 1320. The Morgan fingerprint density at radius 1 is 1.15 bits per heavy atom. The standard InChI is InChI=1S/C31H43N3O6S/c1-21-10-13-27(14-11-21)41(38,39)33(4)19-29-22(2)18-34(23(3)20-35)30(36)17-25-16-26(12-15-28(25)40-29)32-31(37)24-8-6-5-7-9-24/h10-16,22-24,29,35H,5-9,17-20H2,1-4H3,(H,32,37)/t22-,23-,29-/m0/s1. The molecule has 0 bridgehead atoms. The van der Waals surface area contributed by atoms with Crippen LogP contribution >= 0.6 is 0 Å². The van der Waals surface area contributed by atoms with Gasteiger partial charge in [-0.15, -0.1) is 0 Å². The zero-order valence-electron chi connectivity index (χ0n) is 24.5. The van der Waals surface area contributed by atoms with Crippen molar-refractivity contribution in [3.8, 4) is 5.75 Å². The molecule has 3 atom stereocenters. The third kappa shape index (κ3) is 7.47. The number of ether oxygens (including phenoxy) is 1. The fraction of sp³-hybridized carbons (Fsp3) is 0.548. The normalized spacial score (nSPS) is 21.3. The number of sulfonamides is 1. The number of carbonyl (C=O) groups is 2. The van der Waals surface area contributed by atoms with Crippen LogP contribution < -0.4 is 10.1 Å². The molecule has 0 saturated heterocycles. The topological polar surface area (TPSA) is 116 Å². The molecule has 2 aliphatic rings. The van der Waals surface area contributed by atoms with Crippen molar-refractivity contribution in [1.29, 1.82) is 0 Å². The van der Waals surface area contributed by atoms with Gasteiger partial charge in [0.05, 0.1) is 30.5 Å². The number of aryl methyl sites for hydroxylation is 1. The summed E-state index contributed by atoms with van der Waals surface area (Å²) < 4.78 is 34.5. The van der Waals surface area contributed by atoms with E-state index in [0.717, 1.165) is 37.7 Å². The predicted octanol–water partition coefficient (Wildman–Crippen LogP) is 3.98. The van der Waals surface area contributed by atoms with Gasteiger partial charge < -0.3 is 20.1 Å². The van der Waals surface area contributed by atoms with E-state index in [9.17, 15) is 23.1 Å². The highest BCUT2D eigenvalue weighted by Gasteiger charge is 2.33. The van der Waals surface area contributed by atoms with Gasteiger partial charge in [-0.05, 0) is 57.0 Å². The molecule has 1 aliphatic carbocycles. The van der Waals surface area contributed by atoms with Gasteiger partial charge in [0.25, 0.3) is 0 Å². The van der Waals surface area contributed by atoms with Gasteiger partial charge in [0.2, 0.25) is 21.8 Å². The van der Waals surface area contributed by atoms with E-state index < -0.39 is 22.2 Å². The summed E-state index contributed by atoms with van der Waals surface area (Å²) in [5.41, 5.74) is 2.17. The number of aliphatic hydroxyl groups is 1. The van der Waals surface area contributed by atoms with E-state index in [1.165, 1.54) is 11.4 Å². The van der Waals surface area contributed by atoms with Crippen LogP contribution in [0.2, 0.25) is 0 Å². The van der Waals surface area contributed by atoms with Crippen molar-refractivity contribution < 1.29 is 27.9 Å². The van der Waals surface area contributed by atoms with E-state index in [1.54, 1.807) is 54.3 Å². The second-order valence-electron chi connectivity index (χ2n) is 11.6. The van der Waals surface area contributed by atoms with Crippen LogP contribution in [0.5, 0.6) is 5.75 Å². The van der Waals surface area contributed by atoms with Crippen molar-refractivity contribution >= 4 is 27.5 Å². The van der Waals surface area contributed by atoms with E-state index in [-0.39, 0.29) is 48.1 Å². The van der Waals surface area contributed by atoms with Crippen molar-refractivity contribution in [3.05, 3.63) is 53.6 Å². The summed E-state index contributed by atoms with van der Waals surface area (Å²) in [6, 6.07) is 11.6. The first kappa shape index (κ1) is 31.0. The Balaban J connectivity index is 1.62. The SMILES string of the molecule is Cc1ccc(S(=O)(=O)N(C)C[C@@H]2Oc3ccc(NC(=O)C4CCCCC4)cc3CC(=O)N([C@@H](C)CO)C[C@@H]2C)cc1. The van der Waals surface area contributed by atoms with Crippen LogP contribution in [-0.2, 0) is 26.0 Å². The van der Waals surface area contributed by atoms with Gasteiger partial charge in [-0.1, -0.05) is 43.9 Å². The number of aliphatic hydroxyl groups excluding tert-OH is 1. The maximum absolute atomic E-state index is 13.5. The number of hydrogen-bond acceptors (Lipinski definition) is 6. The molecule has 41 heavy (non-hydrogen) atoms. The highest BCUT2D eigenvalue weighted by atomic mass is 32.2. The van der Waals surface area contributed by atoms with Crippen molar-refractivity contribution in [3.63, 3.8) is 0 Å². The third-order valence-corrected chi connectivity index (χ3v) is 10.2. The number of rotatable bonds is 8. The van der Waals surface area contributed by atoms with Crippen molar-refractivity contribution in [2.45, 2.75) is 76.3 Å². The molecule has 0 radical (unpaired) electrons. The van der Waals surface area contributed by atoms with Crippen LogP contribution in [0.25, 0.3) is 0 Å². The van der Waals surface area contributed by atoms with Crippen LogP contribution in [0.4, 0.5) is 5.69 Å². The molecule has 1 aliphatic heterocycles. The van der Waals surface area contributed by atoms with Gasteiger partial charge in [-0.3, -0.25) is 9.59 Å². The largest absolute Gasteiger partial charge is 0.488 e. The summed E-state index contributed by atoms with van der Waals surface area (Å²) in [4.78, 5) is 28.2. The minimum Gasteiger partial charge on any atom is -0.488 e. The molecule has 0 aromatic heterocycles. The number of benzene rings is 2. The first-order valence-corrected chi connectivity index (χ1v) is 16.0. The lowest BCUT2D eigenvalue weighted by Crippen LogP contribution is -2.48. The Kier molecular flexibility index (Phi) is 10.1. The van der Waals surface area contributed by atoms with Gasteiger partial charge in [0.1, 0.15) is 11.9 Å². The molecule has 2 aromatic rings. The first-order valence-electron chi connectivity index (χ1n) is 14.5. The summed E-state index contributed by atoms with van der Waals surface area (Å²) in [6.07, 6.45) is 4.47. The molecule has 9 nitrogen and oxygen atoms in total. The molecule has 4 rings (SSSR count). The van der Waals surface area contributed by atoms with Gasteiger partial charge in [0.15, 0.2) is 0 Å². The Hall–Kier alpha value is -2.95. The molecule has 2 amide bonds. The second kappa shape index (κ2) is 13.4. The fourth-order valence-corrected chi connectivity index (χ4v) is 6.76. The average molecular weight is 586 g/mol.